The number of alkyl carbamates (subject to hydrolysis) is 1. The third-order valence-electron chi connectivity index (χ3n) is 5.79. The Morgan fingerprint density at radius 2 is 2.27 bits per heavy atom. The van der Waals surface area contributed by atoms with Crippen LogP contribution in [0.5, 0.6) is 0 Å². The van der Waals surface area contributed by atoms with Crippen molar-refractivity contribution in [2.24, 2.45) is 0 Å². The van der Waals surface area contributed by atoms with Gasteiger partial charge in [-0.3, -0.25) is 5.10 Å². The third-order valence-corrected chi connectivity index (χ3v) is 6.37. The zero-order valence-electron chi connectivity index (χ0n) is 16.2. The lowest BCUT2D eigenvalue weighted by Crippen LogP contribution is -2.38. The molecule has 1 amide bonds. The van der Waals surface area contributed by atoms with Crippen LogP contribution < -0.4 is 10.6 Å². The summed E-state index contributed by atoms with van der Waals surface area (Å²) in [6.07, 6.45) is 5.37. The Labute approximate surface area is 179 Å². The zero-order valence-corrected chi connectivity index (χ0v) is 17.8. The van der Waals surface area contributed by atoms with E-state index in [-0.39, 0.29) is 5.54 Å². The van der Waals surface area contributed by atoms with Gasteiger partial charge in [0.2, 0.25) is 0 Å². The first kappa shape index (κ1) is 19.3. The Morgan fingerprint density at radius 1 is 1.43 bits per heavy atom. The molecular weight excluding hydrogens is 457 g/mol. The first-order valence-corrected chi connectivity index (χ1v) is 10.6. The lowest BCUT2D eigenvalue weighted by molar-refractivity contribution is 0.0546. The SMILES string of the molecule is CC1(NC(=O)O[C@@H]2CC[C@H](c3cc(Nc4nccn5ncc(Br)c45)n[nH]3)[C@H]2F)CC1. The fourth-order valence-corrected chi connectivity index (χ4v) is 4.27. The van der Waals surface area contributed by atoms with E-state index >= 15 is 0 Å². The van der Waals surface area contributed by atoms with Gasteiger partial charge in [-0.05, 0) is 48.5 Å². The Balaban J connectivity index is 1.26. The molecule has 158 valence electrons. The summed E-state index contributed by atoms with van der Waals surface area (Å²) in [7, 11) is 0. The third kappa shape index (κ3) is 3.62. The summed E-state index contributed by atoms with van der Waals surface area (Å²) in [4.78, 5) is 16.4. The van der Waals surface area contributed by atoms with Gasteiger partial charge in [-0.2, -0.15) is 10.2 Å². The molecule has 3 aromatic rings. The van der Waals surface area contributed by atoms with E-state index < -0.39 is 24.3 Å². The van der Waals surface area contributed by atoms with E-state index in [0.29, 0.717) is 30.2 Å². The molecule has 3 aromatic heterocycles. The zero-order chi connectivity index (χ0) is 20.9. The Hall–Kier alpha value is -2.69. The molecular formula is C19H21BrFN7O2. The highest BCUT2D eigenvalue weighted by atomic mass is 79.9. The number of aromatic amines is 1. The van der Waals surface area contributed by atoms with Crippen molar-refractivity contribution in [3.05, 3.63) is 34.8 Å². The second-order valence-electron chi connectivity index (χ2n) is 8.15. The number of halogens is 2. The largest absolute Gasteiger partial charge is 0.443 e. The molecule has 0 spiro atoms. The maximum atomic E-state index is 15.0. The van der Waals surface area contributed by atoms with E-state index in [1.165, 1.54) is 0 Å². The van der Waals surface area contributed by atoms with Crippen LogP contribution in [-0.2, 0) is 4.74 Å². The van der Waals surface area contributed by atoms with E-state index in [1.54, 1.807) is 29.2 Å². The molecule has 0 aliphatic heterocycles. The van der Waals surface area contributed by atoms with Gasteiger partial charge in [0.15, 0.2) is 11.6 Å². The highest BCUT2D eigenvalue weighted by molar-refractivity contribution is 9.10. The average Bonchev–Trinajstić information content (AvgIpc) is 3.03. The van der Waals surface area contributed by atoms with Crippen molar-refractivity contribution in [3.63, 3.8) is 0 Å². The van der Waals surface area contributed by atoms with E-state index in [1.807, 2.05) is 6.92 Å². The first-order chi connectivity index (χ1) is 14.4. The quantitative estimate of drug-likeness (QED) is 0.515. The number of fused-ring (bicyclic) bond motifs is 1. The number of hydrogen-bond acceptors (Lipinski definition) is 6. The summed E-state index contributed by atoms with van der Waals surface area (Å²) in [5.74, 6) is 0.692. The standard InChI is InChI=1S/C19H21BrFN7O2/c1-19(4-5-19)25-18(29)30-13-3-2-10(15(13)21)12-8-14(27-26-12)24-17-16-11(20)9-23-28(16)7-6-22-17/h6-10,13,15H,2-5H2,1H3,(H,25,29)(H2,22,24,26,27)/t10-,13-,15-/m1/s1. The molecule has 11 heteroatoms. The van der Waals surface area contributed by atoms with Crippen LogP contribution >= 0.6 is 15.9 Å². The highest BCUT2D eigenvalue weighted by Gasteiger charge is 2.43. The van der Waals surface area contributed by atoms with Gasteiger partial charge in [-0.25, -0.2) is 18.7 Å². The van der Waals surface area contributed by atoms with Crippen molar-refractivity contribution in [2.75, 3.05) is 5.32 Å². The van der Waals surface area contributed by atoms with Gasteiger partial charge in [-0.1, -0.05) is 0 Å². The minimum atomic E-state index is -1.29. The number of nitrogens with zero attached hydrogens (tertiary/aromatic N) is 4. The smallest absolute Gasteiger partial charge is 0.407 e. The summed E-state index contributed by atoms with van der Waals surface area (Å²) in [6, 6.07) is 1.76. The van der Waals surface area contributed by atoms with Crippen LogP contribution in [0.25, 0.3) is 5.52 Å². The fraction of sp³-hybridized carbons (Fsp3) is 0.474. The van der Waals surface area contributed by atoms with Crippen molar-refractivity contribution < 1.29 is 13.9 Å². The van der Waals surface area contributed by atoms with Crippen molar-refractivity contribution in [3.8, 4) is 0 Å². The number of hydrogen-bond donors (Lipinski definition) is 3. The molecule has 2 aliphatic carbocycles. The normalized spacial score (nSPS) is 24.7. The van der Waals surface area contributed by atoms with Crippen molar-refractivity contribution in [1.29, 1.82) is 0 Å². The molecule has 9 nitrogen and oxygen atoms in total. The maximum Gasteiger partial charge on any atom is 0.407 e. The van der Waals surface area contributed by atoms with Crippen LogP contribution in [-0.4, -0.2) is 48.7 Å². The summed E-state index contributed by atoms with van der Waals surface area (Å²) < 4.78 is 22.8. The molecule has 2 fully saturated rings. The topological polar surface area (TPSA) is 109 Å². The monoisotopic (exact) mass is 477 g/mol. The minimum Gasteiger partial charge on any atom is -0.443 e. The fourth-order valence-electron chi connectivity index (χ4n) is 3.81. The first-order valence-electron chi connectivity index (χ1n) is 9.85. The summed E-state index contributed by atoms with van der Waals surface area (Å²) in [5, 5.41) is 17.3. The average molecular weight is 478 g/mol. The summed E-state index contributed by atoms with van der Waals surface area (Å²) >= 11 is 3.46. The van der Waals surface area contributed by atoms with Crippen LogP contribution in [0.15, 0.2) is 29.1 Å². The molecule has 30 heavy (non-hydrogen) atoms. The van der Waals surface area contributed by atoms with Crippen molar-refractivity contribution in [1.82, 2.24) is 30.1 Å². The molecule has 3 atom stereocenters. The van der Waals surface area contributed by atoms with Crippen LogP contribution in [0.2, 0.25) is 0 Å². The van der Waals surface area contributed by atoms with Crippen LogP contribution in [0, 0.1) is 0 Å². The predicted molar refractivity (Wildman–Crippen MR) is 110 cm³/mol. The molecule has 0 radical (unpaired) electrons. The Bertz CT molecular complexity index is 1100. The second kappa shape index (κ2) is 7.22. The van der Waals surface area contributed by atoms with Crippen LogP contribution in [0.1, 0.15) is 44.2 Å². The van der Waals surface area contributed by atoms with E-state index in [0.717, 1.165) is 22.8 Å². The number of H-pyrrole nitrogens is 1. The summed E-state index contributed by atoms with van der Waals surface area (Å²) in [5.41, 5.74) is 1.24. The van der Waals surface area contributed by atoms with Crippen molar-refractivity contribution >= 4 is 39.2 Å². The number of rotatable bonds is 5. The van der Waals surface area contributed by atoms with E-state index in [4.69, 9.17) is 4.74 Å². The lowest BCUT2D eigenvalue weighted by atomic mass is 10.0. The summed E-state index contributed by atoms with van der Waals surface area (Å²) in [6.45, 7) is 1.95. The molecule has 5 rings (SSSR count). The van der Waals surface area contributed by atoms with E-state index in [2.05, 4.69) is 46.8 Å². The van der Waals surface area contributed by atoms with Gasteiger partial charge in [0.25, 0.3) is 0 Å². The molecule has 3 N–H and O–H groups in total. The number of anilines is 2. The number of amides is 1. The van der Waals surface area contributed by atoms with Gasteiger partial charge < -0.3 is 15.4 Å². The Morgan fingerprint density at radius 3 is 3.07 bits per heavy atom. The number of ether oxygens (including phenoxy) is 1. The lowest BCUT2D eigenvalue weighted by Gasteiger charge is -2.19. The number of carbonyl (C=O) groups is 1. The number of carbonyl (C=O) groups excluding carboxylic acids is 1. The van der Waals surface area contributed by atoms with Gasteiger partial charge in [-0.15, -0.1) is 0 Å². The molecule has 0 aromatic carbocycles. The maximum absolute atomic E-state index is 15.0. The number of aromatic nitrogens is 5. The van der Waals surface area contributed by atoms with Gasteiger partial charge in [0, 0.05) is 35.6 Å². The van der Waals surface area contributed by atoms with E-state index in [9.17, 15) is 9.18 Å². The predicted octanol–water partition coefficient (Wildman–Crippen LogP) is 3.82. The van der Waals surface area contributed by atoms with Crippen LogP contribution in [0.4, 0.5) is 20.8 Å². The number of nitrogens with one attached hydrogen (secondary N) is 3. The van der Waals surface area contributed by atoms with Gasteiger partial charge in [0.05, 0.1) is 10.7 Å². The van der Waals surface area contributed by atoms with Crippen molar-refractivity contribution in [2.45, 2.75) is 56.3 Å². The second-order valence-corrected chi connectivity index (χ2v) is 9.01. The molecule has 0 unspecified atom stereocenters. The molecule has 3 heterocycles. The van der Waals surface area contributed by atoms with Gasteiger partial charge in [0.1, 0.15) is 17.8 Å². The highest BCUT2D eigenvalue weighted by Crippen LogP contribution is 2.39. The molecule has 0 bridgehead atoms. The molecule has 2 saturated carbocycles. The molecule has 2 aliphatic rings. The van der Waals surface area contributed by atoms with Gasteiger partial charge >= 0.3 is 6.09 Å². The van der Waals surface area contributed by atoms with Crippen LogP contribution in [0.3, 0.4) is 0 Å². The number of alkyl halides is 1. The minimum absolute atomic E-state index is 0.188. The Kier molecular flexibility index (Phi) is 4.64. The molecule has 0 saturated heterocycles.